The molecule has 1 fully saturated rings. The fourth-order valence-electron chi connectivity index (χ4n) is 2.02. The Morgan fingerprint density at radius 3 is 2.69 bits per heavy atom. The number of hydrogen-bond donors (Lipinski definition) is 1. The van der Waals surface area contributed by atoms with E-state index < -0.39 is 0 Å². The van der Waals surface area contributed by atoms with Crippen molar-refractivity contribution in [1.82, 2.24) is 9.80 Å². The quantitative estimate of drug-likeness (QED) is 0.687. The molecule has 1 N–H and O–H groups in total. The first-order valence-electron chi connectivity index (χ1n) is 6.39. The average Bonchev–Trinajstić information content (AvgIpc) is 2.27. The van der Waals surface area contributed by atoms with Gasteiger partial charge in [0.15, 0.2) is 0 Å². The monoisotopic (exact) mass is 230 g/mol. The third kappa shape index (κ3) is 5.80. The maximum atomic E-state index is 9.95. The van der Waals surface area contributed by atoms with Gasteiger partial charge in [-0.2, -0.15) is 0 Å². The summed E-state index contributed by atoms with van der Waals surface area (Å²) < 4.78 is 5.28. The van der Waals surface area contributed by atoms with Crippen LogP contribution in [0.4, 0.5) is 0 Å². The van der Waals surface area contributed by atoms with Gasteiger partial charge in [-0.3, -0.25) is 4.90 Å². The summed E-state index contributed by atoms with van der Waals surface area (Å²) >= 11 is 0. The van der Waals surface area contributed by atoms with Crippen LogP contribution in [0.1, 0.15) is 19.8 Å². The molecule has 1 rings (SSSR count). The zero-order valence-corrected chi connectivity index (χ0v) is 10.7. The molecule has 0 radical (unpaired) electrons. The maximum Gasteiger partial charge on any atom is 0.0793 e. The lowest BCUT2D eigenvalue weighted by atomic mass is 10.2. The van der Waals surface area contributed by atoms with Gasteiger partial charge in [-0.05, 0) is 20.0 Å². The Bertz CT molecular complexity index is 172. The molecule has 4 nitrogen and oxygen atoms in total. The lowest BCUT2D eigenvalue weighted by molar-refractivity contribution is 0.00866. The molecule has 16 heavy (non-hydrogen) atoms. The summed E-state index contributed by atoms with van der Waals surface area (Å²) in [4.78, 5) is 4.50. The molecule has 0 spiro atoms. The molecule has 1 heterocycles. The molecular formula is C12H26N2O2. The number of ether oxygens (including phenoxy) is 1. The van der Waals surface area contributed by atoms with Gasteiger partial charge in [0.05, 0.1) is 19.3 Å². The van der Waals surface area contributed by atoms with Crippen LogP contribution in [-0.2, 0) is 4.74 Å². The number of hydrogen-bond acceptors (Lipinski definition) is 4. The Labute approximate surface area is 99.2 Å². The summed E-state index contributed by atoms with van der Waals surface area (Å²) in [5.74, 6) is 0. The van der Waals surface area contributed by atoms with Crippen LogP contribution < -0.4 is 0 Å². The minimum absolute atomic E-state index is 0.236. The molecule has 0 aromatic carbocycles. The summed E-state index contributed by atoms with van der Waals surface area (Å²) in [6, 6.07) is 0. The largest absolute Gasteiger partial charge is 0.390 e. The van der Waals surface area contributed by atoms with Gasteiger partial charge in [-0.15, -0.1) is 0 Å². The lowest BCUT2D eigenvalue weighted by Crippen LogP contribution is -2.44. The molecular weight excluding hydrogens is 204 g/mol. The van der Waals surface area contributed by atoms with Gasteiger partial charge in [0.1, 0.15) is 0 Å². The number of morpholine rings is 1. The van der Waals surface area contributed by atoms with E-state index in [2.05, 4.69) is 23.8 Å². The van der Waals surface area contributed by atoms with E-state index in [1.165, 1.54) is 12.8 Å². The average molecular weight is 230 g/mol. The molecule has 0 aliphatic carbocycles. The van der Waals surface area contributed by atoms with Crippen LogP contribution in [0.15, 0.2) is 0 Å². The van der Waals surface area contributed by atoms with Crippen LogP contribution in [0.3, 0.4) is 0 Å². The number of aliphatic hydroxyl groups excluding tert-OH is 1. The van der Waals surface area contributed by atoms with Crippen molar-refractivity contribution in [3.8, 4) is 0 Å². The SMILES string of the molecule is CCCCN(C)CC(O)CN1CCOCC1. The van der Waals surface area contributed by atoms with Gasteiger partial charge < -0.3 is 14.7 Å². The highest BCUT2D eigenvalue weighted by atomic mass is 16.5. The standard InChI is InChI=1S/C12H26N2O2/c1-3-4-5-13(2)10-12(15)11-14-6-8-16-9-7-14/h12,15H,3-11H2,1-2H3. The first kappa shape index (κ1) is 13.9. The van der Waals surface area contributed by atoms with Gasteiger partial charge in [-0.1, -0.05) is 13.3 Å². The number of likely N-dealkylation sites (N-methyl/N-ethyl adjacent to an activating group) is 1. The van der Waals surface area contributed by atoms with Crippen molar-refractivity contribution in [2.45, 2.75) is 25.9 Å². The third-order valence-corrected chi connectivity index (χ3v) is 2.99. The smallest absolute Gasteiger partial charge is 0.0793 e. The van der Waals surface area contributed by atoms with Crippen LogP contribution in [0.5, 0.6) is 0 Å². The van der Waals surface area contributed by atoms with Crippen molar-refractivity contribution in [2.24, 2.45) is 0 Å². The summed E-state index contributed by atoms with van der Waals surface area (Å²) in [6.45, 7) is 8.34. The number of β-amino-alcohol motifs (C(OH)–C–C–N with tert-alkyl or cyclic N) is 1. The fourth-order valence-corrected chi connectivity index (χ4v) is 2.02. The first-order valence-corrected chi connectivity index (χ1v) is 6.39. The van der Waals surface area contributed by atoms with Crippen molar-refractivity contribution in [1.29, 1.82) is 0 Å². The number of rotatable bonds is 7. The topological polar surface area (TPSA) is 35.9 Å². The number of nitrogens with zero attached hydrogens (tertiary/aromatic N) is 2. The van der Waals surface area contributed by atoms with Crippen LogP contribution in [0.25, 0.3) is 0 Å². The van der Waals surface area contributed by atoms with Gasteiger partial charge >= 0.3 is 0 Å². The Hall–Kier alpha value is -0.160. The van der Waals surface area contributed by atoms with Crippen LogP contribution in [0, 0.1) is 0 Å². The van der Waals surface area contributed by atoms with E-state index in [9.17, 15) is 5.11 Å². The van der Waals surface area contributed by atoms with E-state index in [0.29, 0.717) is 0 Å². The highest BCUT2D eigenvalue weighted by Gasteiger charge is 2.15. The summed E-state index contributed by atoms with van der Waals surface area (Å²) in [6.07, 6.45) is 2.19. The molecule has 0 amide bonds. The van der Waals surface area contributed by atoms with Crippen molar-refractivity contribution < 1.29 is 9.84 Å². The minimum atomic E-state index is -0.236. The highest BCUT2D eigenvalue weighted by molar-refractivity contribution is 4.69. The summed E-state index contributed by atoms with van der Waals surface area (Å²) in [7, 11) is 2.08. The van der Waals surface area contributed by atoms with Crippen molar-refractivity contribution in [3.63, 3.8) is 0 Å². The molecule has 0 aromatic heterocycles. The zero-order chi connectivity index (χ0) is 11.8. The molecule has 1 aliphatic rings. The van der Waals surface area contributed by atoms with Crippen molar-refractivity contribution >= 4 is 0 Å². The second-order valence-electron chi connectivity index (χ2n) is 4.68. The number of aliphatic hydroxyl groups is 1. The van der Waals surface area contributed by atoms with Gasteiger partial charge in [0.25, 0.3) is 0 Å². The van der Waals surface area contributed by atoms with Gasteiger partial charge in [0, 0.05) is 26.2 Å². The van der Waals surface area contributed by atoms with E-state index in [0.717, 1.165) is 45.9 Å². The van der Waals surface area contributed by atoms with Crippen LogP contribution >= 0.6 is 0 Å². The van der Waals surface area contributed by atoms with Crippen LogP contribution in [0.2, 0.25) is 0 Å². The first-order chi connectivity index (χ1) is 7.72. The second kappa shape index (κ2) is 8.01. The third-order valence-electron chi connectivity index (χ3n) is 2.99. The van der Waals surface area contributed by atoms with Gasteiger partial charge in [-0.25, -0.2) is 0 Å². The van der Waals surface area contributed by atoms with E-state index in [1.54, 1.807) is 0 Å². The summed E-state index contributed by atoms with van der Waals surface area (Å²) in [5, 5.41) is 9.95. The molecule has 4 heteroatoms. The minimum Gasteiger partial charge on any atom is -0.390 e. The molecule has 1 unspecified atom stereocenters. The van der Waals surface area contributed by atoms with Gasteiger partial charge in [0.2, 0.25) is 0 Å². The Kier molecular flexibility index (Phi) is 6.96. The molecule has 1 aliphatic heterocycles. The Balaban J connectivity index is 2.11. The summed E-state index contributed by atoms with van der Waals surface area (Å²) in [5.41, 5.74) is 0. The molecule has 0 aromatic rings. The number of unbranched alkanes of at least 4 members (excludes halogenated alkanes) is 1. The Morgan fingerprint density at radius 2 is 2.06 bits per heavy atom. The van der Waals surface area contributed by atoms with E-state index in [-0.39, 0.29) is 6.10 Å². The Morgan fingerprint density at radius 1 is 1.38 bits per heavy atom. The zero-order valence-electron chi connectivity index (χ0n) is 10.7. The maximum absolute atomic E-state index is 9.95. The second-order valence-corrected chi connectivity index (χ2v) is 4.68. The predicted molar refractivity (Wildman–Crippen MR) is 65.7 cm³/mol. The van der Waals surface area contributed by atoms with E-state index >= 15 is 0 Å². The molecule has 0 saturated carbocycles. The molecule has 96 valence electrons. The molecule has 1 saturated heterocycles. The normalized spacial score (nSPS) is 20.2. The van der Waals surface area contributed by atoms with Crippen LogP contribution in [-0.4, -0.2) is 74.0 Å². The van der Waals surface area contributed by atoms with E-state index in [4.69, 9.17) is 4.74 Å². The van der Waals surface area contributed by atoms with E-state index in [1.807, 2.05) is 0 Å². The predicted octanol–water partition coefficient (Wildman–Crippen LogP) is 0.411. The fraction of sp³-hybridized carbons (Fsp3) is 1.00. The van der Waals surface area contributed by atoms with Crippen molar-refractivity contribution in [3.05, 3.63) is 0 Å². The highest BCUT2D eigenvalue weighted by Crippen LogP contribution is 2.00. The van der Waals surface area contributed by atoms with Crippen molar-refractivity contribution in [2.75, 3.05) is 53.0 Å². The molecule has 0 bridgehead atoms. The molecule has 1 atom stereocenters. The lowest BCUT2D eigenvalue weighted by Gasteiger charge is -2.30.